The minimum atomic E-state index is -0.852. The molecule has 0 spiro atoms. The van der Waals surface area contributed by atoms with E-state index in [1.54, 1.807) is 18.7 Å². The number of aliphatic imine (C=N–C) groups is 2. The summed E-state index contributed by atoms with van der Waals surface area (Å²) in [5.74, 6) is 0. The van der Waals surface area contributed by atoms with Crippen LogP contribution in [-0.4, -0.2) is 76.8 Å². The molecular weight excluding hydrogens is 270 g/mol. The molecule has 7 heteroatoms. The van der Waals surface area contributed by atoms with Gasteiger partial charge in [0.1, 0.15) is 0 Å². The monoisotopic (exact) mass is 289 g/mol. The molecule has 0 bridgehead atoms. The van der Waals surface area contributed by atoms with E-state index in [-0.39, 0.29) is 12.1 Å². The van der Waals surface area contributed by atoms with Gasteiger partial charge >= 0.3 is 6.09 Å². The van der Waals surface area contributed by atoms with Crippen molar-refractivity contribution in [1.82, 2.24) is 14.7 Å². The molecule has 21 heavy (non-hydrogen) atoms. The molecular formula is C14H19N5O2. The highest BCUT2D eigenvalue weighted by molar-refractivity contribution is 5.66. The first kappa shape index (κ1) is 13.7. The van der Waals surface area contributed by atoms with Gasteiger partial charge in [0, 0.05) is 38.6 Å². The van der Waals surface area contributed by atoms with Crippen LogP contribution < -0.4 is 0 Å². The topological polar surface area (TPSA) is 71.7 Å². The second kappa shape index (κ2) is 5.99. The molecule has 1 fully saturated rings. The molecule has 1 saturated heterocycles. The molecule has 0 aliphatic carbocycles. The Hall–Kier alpha value is -2.31. The van der Waals surface area contributed by atoms with Crippen LogP contribution in [0.1, 0.15) is 6.42 Å². The van der Waals surface area contributed by atoms with Crippen molar-refractivity contribution < 1.29 is 9.90 Å². The van der Waals surface area contributed by atoms with Crippen molar-refractivity contribution in [3.63, 3.8) is 0 Å². The van der Waals surface area contributed by atoms with E-state index in [0.29, 0.717) is 13.1 Å². The quantitative estimate of drug-likeness (QED) is 0.817. The number of likely N-dealkylation sites (tertiary alicyclic amines) is 1. The van der Waals surface area contributed by atoms with E-state index in [4.69, 9.17) is 0 Å². The fourth-order valence-corrected chi connectivity index (χ4v) is 3.05. The normalized spacial score (nSPS) is 28.3. The average molecular weight is 289 g/mol. The summed E-state index contributed by atoms with van der Waals surface area (Å²) in [4.78, 5) is 25.4. The molecule has 2 atom stereocenters. The second-order valence-electron chi connectivity index (χ2n) is 5.34. The molecule has 0 radical (unpaired) electrons. The van der Waals surface area contributed by atoms with Gasteiger partial charge in [0.25, 0.3) is 0 Å². The van der Waals surface area contributed by atoms with Crippen LogP contribution >= 0.6 is 0 Å². The smallest absolute Gasteiger partial charge is 0.407 e. The fourth-order valence-electron chi connectivity index (χ4n) is 3.05. The van der Waals surface area contributed by atoms with Crippen molar-refractivity contribution in [2.24, 2.45) is 9.98 Å². The number of amides is 1. The third kappa shape index (κ3) is 2.91. The highest BCUT2D eigenvalue weighted by atomic mass is 16.4. The van der Waals surface area contributed by atoms with Gasteiger partial charge < -0.3 is 19.8 Å². The number of nitrogens with zero attached hydrogens (tertiary/aromatic N) is 5. The molecule has 1 amide bonds. The Kier molecular flexibility index (Phi) is 3.89. The second-order valence-corrected chi connectivity index (χ2v) is 5.34. The molecule has 0 aromatic rings. The minimum Gasteiger partial charge on any atom is -0.465 e. The van der Waals surface area contributed by atoms with E-state index < -0.39 is 6.09 Å². The highest BCUT2D eigenvalue weighted by Crippen LogP contribution is 2.22. The van der Waals surface area contributed by atoms with Gasteiger partial charge in [-0.2, -0.15) is 0 Å². The summed E-state index contributed by atoms with van der Waals surface area (Å²) < 4.78 is 0. The number of rotatable bonds is 2. The number of piperidine rings is 1. The zero-order valence-electron chi connectivity index (χ0n) is 11.7. The summed E-state index contributed by atoms with van der Waals surface area (Å²) in [6.45, 7) is 2.64. The Morgan fingerprint density at radius 3 is 2.19 bits per heavy atom. The van der Waals surface area contributed by atoms with Crippen molar-refractivity contribution in [3.8, 4) is 0 Å². The zero-order valence-corrected chi connectivity index (χ0v) is 11.7. The van der Waals surface area contributed by atoms with Gasteiger partial charge in [-0.15, -0.1) is 0 Å². The Morgan fingerprint density at radius 1 is 1.05 bits per heavy atom. The number of hydrogen-bond donors (Lipinski definition) is 1. The fraction of sp³-hybridized carbons (Fsp3) is 0.500. The lowest BCUT2D eigenvalue weighted by Crippen LogP contribution is -2.61. The average Bonchev–Trinajstić information content (AvgIpc) is 2.56. The maximum Gasteiger partial charge on any atom is 0.407 e. The van der Waals surface area contributed by atoms with Gasteiger partial charge in [-0.3, -0.25) is 0 Å². The SMILES string of the molecule is O=C(O)N1CCC(N2C=NC=CC2)C(N2C=NC=CC2)C1. The van der Waals surface area contributed by atoms with Crippen molar-refractivity contribution in [3.05, 3.63) is 24.6 Å². The van der Waals surface area contributed by atoms with E-state index in [0.717, 1.165) is 19.5 Å². The predicted molar refractivity (Wildman–Crippen MR) is 80.5 cm³/mol. The van der Waals surface area contributed by atoms with E-state index in [1.165, 1.54) is 4.90 Å². The Balaban J connectivity index is 1.78. The lowest BCUT2D eigenvalue weighted by atomic mass is 9.96. The van der Waals surface area contributed by atoms with Crippen molar-refractivity contribution in [2.45, 2.75) is 18.5 Å². The van der Waals surface area contributed by atoms with Gasteiger partial charge in [0.15, 0.2) is 0 Å². The van der Waals surface area contributed by atoms with Crippen LogP contribution in [0.25, 0.3) is 0 Å². The molecule has 0 aromatic heterocycles. The molecule has 1 N–H and O–H groups in total. The van der Waals surface area contributed by atoms with E-state index in [2.05, 4.69) is 19.8 Å². The molecule has 3 heterocycles. The molecule has 2 unspecified atom stereocenters. The molecule has 3 aliphatic rings. The predicted octanol–water partition coefficient (Wildman–Crippen LogP) is 0.823. The van der Waals surface area contributed by atoms with Crippen molar-refractivity contribution in [1.29, 1.82) is 0 Å². The first-order chi connectivity index (χ1) is 10.3. The van der Waals surface area contributed by atoms with E-state index in [1.807, 2.05) is 18.5 Å². The van der Waals surface area contributed by atoms with Crippen LogP contribution in [0.4, 0.5) is 4.79 Å². The van der Waals surface area contributed by atoms with Gasteiger partial charge in [-0.05, 0) is 18.6 Å². The van der Waals surface area contributed by atoms with Gasteiger partial charge in [0.05, 0.1) is 24.8 Å². The lowest BCUT2D eigenvalue weighted by Gasteiger charge is -2.46. The molecule has 3 rings (SSSR count). The van der Waals surface area contributed by atoms with Crippen molar-refractivity contribution >= 4 is 18.8 Å². The van der Waals surface area contributed by atoms with Crippen LogP contribution in [0.15, 0.2) is 34.5 Å². The van der Waals surface area contributed by atoms with Crippen LogP contribution in [0, 0.1) is 0 Å². The zero-order chi connectivity index (χ0) is 14.7. The van der Waals surface area contributed by atoms with Crippen molar-refractivity contribution in [2.75, 3.05) is 26.2 Å². The number of carbonyl (C=O) groups is 1. The summed E-state index contributed by atoms with van der Waals surface area (Å²) in [7, 11) is 0. The minimum absolute atomic E-state index is 0.0847. The first-order valence-corrected chi connectivity index (χ1v) is 7.11. The van der Waals surface area contributed by atoms with Crippen LogP contribution in [0.3, 0.4) is 0 Å². The Morgan fingerprint density at radius 2 is 1.67 bits per heavy atom. The highest BCUT2D eigenvalue weighted by Gasteiger charge is 2.37. The summed E-state index contributed by atoms with van der Waals surface area (Å²) in [6.07, 6.45) is 11.2. The van der Waals surface area contributed by atoms with Crippen LogP contribution in [0.5, 0.6) is 0 Å². The van der Waals surface area contributed by atoms with Crippen LogP contribution in [-0.2, 0) is 0 Å². The molecule has 7 nitrogen and oxygen atoms in total. The van der Waals surface area contributed by atoms with Gasteiger partial charge in [-0.25, -0.2) is 14.8 Å². The number of hydrogen-bond acceptors (Lipinski definition) is 5. The van der Waals surface area contributed by atoms with Gasteiger partial charge in [0.2, 0.25) is 0 Å². The maximum atomic E-state index is 11.3. The maximum absolute atomic E-state index is 11.3. The standard InChI is InChI=1S/C14H19N5O2/c20-14(21)17-8-3-12(18-6-1-4-15-10-18)13(9-17)19-7-2-5-16-11-19/h1-2,4-5,10-13H,3,6-9H2,(H,20,21). The molecule has 0 saturated carbocycles. The molecule has 0 aromatic carbocycles. The number of carboxylic acid groups (broad SMARTS) is 1. The lowest BCUT2D eigenvalue weighted by molar-refractivity contribution is 0.0751. The summed E-state index contributed by atoms with van der Waals surface area (Å²) in [5, 5.41) is 9.26. The van der Waals surface area contributed by atoms with E-state index in [9.17, 15) is 9.90 Å². The molecule has 3 aliphatic heterocycles. The summed E-state index contributed by atoms with van der Waals surface area (Å²) in [6, 6.07) is 0.328. The summed E-state index contributed by atoms with van der Waals surface area (Å²) >= 11 is 0. The largest absolute Gasteiger partial charge is 0.465 e. The summed E-state index contributed by atoms with van der Waals surface area (Å²) in [5.41, 5.74) is 0. The molecule has 112 valence electrons. The first-order valence-electron chi connectivity index (χ1n) is 7.11. The van der Waals surface area contributed by atoms with Crippen LogP contribution in [0.2, 0.25) is 0 Å². The third-order valence-corrected chi connectivity index (χ3v) is 4.11. The van der Waals surface area contributed by atoms with Gasteiger partial charge in [-0.1, -0.05) is 0 Å². The van der Waals surface area contributed by atoms with E-state index >= 15 is 0 Å². The Labute approximate surface area is 123 Å². The third-order valence-electron chi connectivity index (χ3n) is 4.11. The Bertz CT molecular complexity index is 513.